The zero-order chi connectivity index (χ0) is 16.0. The molecular weight excluding hydrogens is 316 g/mol. The van der Waals surface area contributed by atoms with Crippen molar-refractivity contribution in [3.05, 3.63) is 53.3 Å². The van der Waals surface area contributed by atoms with Crippen molar-refractivity contribution in [1.29, 1.82) is 0 Å². The van der Waals surface area contributed by atoms with E-state index < -0.39 is 6.23 Å². The highest BCUT2D eigenvalue weighted by molar-refractivity contribution is 6.31. The summed E-state index contributed by atoms with van der Waals surface area (Å²) in [6.07, 6.45) is 2.43. The van der Waals surface area contributed by atoms with Crippen molar-refractivity contribution in [3.8, 4) is 5.88 Å². The highest BCUT2D eigenvalue weighted by Crippen LogP contribution is 2.40. The zero-order valence-electron chi connectivity index (χ0n) is 12.2. The summed E-state index contributed by atoms with van der Waals surface area (Å²) in [5.74, 6) is 0.513. The monoisotopic (exact) mass is 328 g/mol. The first-order valence-electron chi connectivity index (χ1n) is 6.99. The summed E-state index contributed by atoms with van der Waals surface area (Å²) in [6, 6.07) is 9.03. The molecule has 2 N–H and O–H groups in total. The Balaban J connectivity index is 1.78. The van der Waals surface area contributed by atoms with Crippen LogP contribution in [0, 0.1) is 0 Å². The van der Waals surface area contributed by atoms with E-state index in [9.17, 15) is 5.11 Å². The lowest BCUT2D eigenvalue weighted by Crippen LogP contribution is -2.27. The minimum absolute atomic E-state index is 0.513. The summed E-state index contributed by atoms with van der Waals surface area (Å²) in [5, 5.41) is 13.7. The fourth-order valence-electron chi connectivity index (χ4n) is 2.66. The third kappa shape index (κ3) is 2.23. The number of nitrogens with zero attached hydrogens (tertiary/aromatic N) is 3. The van der Waals surface area contributed by atoms with E-state index in [0.717, 1.165) is 16.6 Å². The van der Waals surface area contributed by atoms with Gasteiger partial charge in [-0.25, -0.2) is 4.98 Å². The second-order valence-corrected chi connectivity index (χ2v) is 5.60. The van der Waals surface area contributed by atoms with Gasteiger partial charge >= 0.3 is 0 Å². The molecule has 2 aromatic heterocycles. The number of anilines is 2. The number of hydrazine groups is 1. The molecule has 6 nitrogen and oxygen atoms in total. The molecule has 3 heterocycles. The molecule has 7 heteroatoms. The molecule has 0 bridgehead atoms. The van der Waals surface area contributed by atoms with Gasteiger partial charge in [-0.1, -0.05) is 11.6 Å². The summed E-state index contributed by atoms with van der Waals surface area (Å²) in [7, 11) is 1.56. The maximum atomic E-state index is 10.6. The molecule has 1 aliphatic rings. The third-order valence-corrected chi connectivity index (χ3v) is 4.06. The number of pyridine rings is 2. The molecule has 3 aromatic rings. The van der Waals surface area contributed by atoms with Crippen molar-refractivity contribution in [2.75, 3.05) is 17.5 Å². The second-order valence-electron chi connectivity index (χ2n) is 5.16. The van der Waals surface area contributed by atoms with Crippen LogP contribution < -0.4 is 15.2 Å². The zero-order valence-corrected chi connectivity index (χ0v) is 12.9. The summed E-state index contributed by atoms with van der Waals surface area (Å²) in [6.45, 7) is 0. The average molecular weight is 329 g/mol. The molecule has 0 saturated carbocycles. The van der Waals surface area contributed by atoms with Crippen LogP contribution >= 0.6 is 11.6 Å². The van der Waals surface area contributed by atoms with Gasteiger partial charge in [-0.2, -0.15) is 0 Å². The number of ether oxygens (including phenoxy) is 1. The Hall–Kier alpha value is -2.57. The fraction of sp³-hybridized carbons (Fsp3) is 0.125. The van der Waals surface area contributed by atoms with E-state index in [1.165, 1.54) is 0 Å². The van der Waals surface area contributed by atoms with E-state index >= 15 is 0 Å². The number of aromatic nitrogens is 2. The maximum absolute atomic E-state index is 10.6. The van der Waals surface area contributed by atoms with Crippen LogP contribution in [0.5, 0.6) is 5.88 Å². The van der Waals surface area contributed by atoms with Gasteiger partial charge in [0.1, 0.15) is 0 Å². The molecule has 1 atom stereocenters. The molecule has 0 fully saturated rings. The Morgan fingerprint density at radius 1 is 1.22 bits per heavy atom. The van der Waals surface area contributed by atoms with Crippen molar-refractivity contribution < 1.29 is 9.84 Å². The van der Waals surface area contributed by atoms with Crippen LogP contribution in [0.4, 0.5) is 11.4 Å². The van der Waals surface area contributed by atoms with Crippen LogP contribution in [0.2, 0.25) is 5.02 Å². The quantitative estimate of drug-likeness (QED) is 0.753. The highest BCUT2D eigenvalue weighted by atomic mass is 35.5. The first-order chi connectivity index (χ1) is 11.2. The van der Waals surface area contributed by atoms with Crippen molar-refractivity contribution in [2.24, 2.45) is 0 Å². The lowest BCUT2D eigenvalue weighted by Gasteiger charge is -2.22. The summed E-state index contributed by atoms with van der Waals surface area (Å²) in [5.41, 5.74) is 6.22. The number of halogens is 1. The largest absolute Gasteiger partial charge is 0.481 e. The fourth-order valence-corrected chi connectivity index (χ4v) is 2.84. The molecule has 1 aromatic carbocycles. The molecular formula is C16H13ClN4O2. The maximum Gasteiger partial charge on any atom is 0.213 e. The topological polar surface area (TPSA) is 70.5 Å². The van der Waals surface area contributed by atoms with Gasteiger partial charge in [0.15, 0.2) is 6.23 Å². The lowest BCUT2D eigenvalue weighted by molar-refractivity contribution is 0.186. The van der Waals surface area contributed by atoms with Gasteiger partial charge in [0.25, 0.3) is 0 Å². The minimum atomic E-state index is -0.865. The summed E-state index contributed by atoms with van der Waals surface area (Å²) in [4.78, 5) is 8.54. The van der Waals surface area contributed by atoms with Crippen molar-refractivity contribution in [1.82, 2.24) is 9.97 Å². The van der Waals surface area contributed by atoms with Crippen LogP contribution in [0.25, 0.3) is 10.9 Å². The van der Waals surface area contributed by atoms with E-state index in [0.29, 0.717) is 22.2 Å². The number of fused-ring (bicyclic) bond motifs is 3. The molecule has 0 radical (unpaired) electrons. The number of nitrogens with one attached hydrogen (secondary N) is 1. The second kappa shape index (κ2) is 5.26. The number of hydrogen-bond donors (Lipinski definition) is 2. The number of methoxy groups -OCH3 is 1. The van der Waals surface area contributed by atoms with Crippen LogP contribution in [0.15, 0.2) is 42.7 Å². The Kier molecular flexibility index (Phi) is 3.21. The van der Waals surface area contributed by atoms with Crippen molar-refractivity contribution >= 4 is 33.9 Å². The molecule has 0 spiro atoms. The standard InChI is InChI=1S/C16H13ClN4O2/c1-23-14-5-3-10(7-19-14)21-16(22)12-8-18-13-4-2-9(17)6-11(13)15(12)20-21/h2-8,16,20,22H,1H3. The van der Waals surface area contributed by atoms with Gasteiger partial charge in [-0.05, 0) is 24.3 Å². The first kappa shape index (κ1) is 14.0. The minimum Gasteiger partial charge on any atom is -0.481 e. The predicted molar refractivity (Wildman–Crippen MR) is 88.6 cm³/mol. The average Bonchev–Trinajstić information content (AvgIpc) is 2.92. The SMILES string of the molecule is COc1ccc(N2Nc3c(cnc4ccc(Cl)cc34)C2O)cn1. The highest BCUT2D eigenvalue weighted by Gasteiger charge is 2.30. The molecule has 4 rings (SSSR count). The Bertz CT molecular complexity index is 885. The predicted octanol–water partition coefficient (Wildman–Crippen LogP) is 3.13. The van der Waals surface area contributed by atoms with Gasteiger partial charge in [-0.15, -0.1) is 0 Å². The Morgan fingerprint density at radius 2 is 2.09 bits per heavy atom. The molecule has 1 aliphatic heterocycles. The number of hydrogen-bond acceptors (Lipinski definition) is 6. The van der Waals surface area contributed by atoms with Crippen LogP contribution in [0.1, 0.15) is 11.8 Å². The van der Waals surface area contributed by atoms with Crippen molar-refractivity contribution in [2.45, 2.75) is 6.23 Å². The number of aliphatic hydroxyl groups is 1. The van der Waals surface area contributed by atoms with Gasteiger partial charge in [0, 0.05) is 28.2 Å². The van der Waals surface area contributed by atoms with Crippen LogP contribution in [0.3, 0.4) is 0 Å². The molecule has 0 amide bonds. The van der Waals surface area contributed by atoms with Gasteiger partial charge in [0.05, 0.1) is 30.2 Å². The van der Waals surface area contributed by atoms with E-state index in [1.807, 2.05) is 18.2 Å². The van der Waals surface area contributed by atoms with Crippen LogP contribution in [-0.4, -0.2) is 22.2 Å². The third-order valence-electron chi connectivity index (χ3n) is 3.82. The molecule has 23 heavy (non-hydrogen) atoms. The first-order valence-corrected chi connectivity index (χ1v) is 7.37. The van der Waals surface area contributed by atoms with E-state index in [4.69, 9.17) is 16.3 Å². The van der Waals surface area contributed by atoms with Gasteiger partial charge in [0.2, 0.25) is 5.88 Å². The lowest BCUT2D eigenvalue weighted by atomic mass is 10.1. The van der Waals surface area contributed by atoms with Gasteiger partial charge in [-0.3, -0.25) is 15.4 Å². The number of rotatable bonds is 2. The number of aliphatic hydroxyl groups excluding tert-OH is 1. The molecule has 116 valence electrons. The molecule has 0 saturated heterocycles. The van der Waals surface area contributed by atoms with Crippen LogP contribution in [-0.2, 0) is 0 Å². The Morgan fingerprint density at radius 3 is 2.83 bits per heavy atom. The Labute approximate surface area is 137 Å². The number of benzene rings is 1. The molecule has 0 aliphatic carbocycles. The van der Waals surface area contributed by atoms with E-state index in [1.54, 1.807) is 36.6 Å². The van der Waals surface area contributed by atoms with E-state index in [2.05, 4.69) is 15.4 Å². The molecule has 1 unspecified atom stereocenters. The van der Waals surface area contributed by atoms with Crippen molar-refractivity contribution in [3.63, 3.8) is 0 Å². The normalized spacial score (nSPS) is 16.3. The van der Waals surface area contributed by atoms with E-state index in [-0.39, 0.29) is 0 Å². The summed E-state index contributed by atoms with van der Waals surface area (Å²) < 4.78 is 5.05. The smallest absolute Gasteiger partial charge is 0.213 e. The summed E-state index contributed by atoms with van der Waals surface area (Å²) >= 11 is 6.09. The van der Waals surface area contributed by atoms with Gasteiger partial charge < -0.3 is 9.84 Å².